The first-order valence-electron chi connectivity index (χ1n) is 5.81. The van der Waals surface area contributed by atoms with Gasteiger partial charge in [0, 0.05) is 11.9 Å². The Kier molecular flexibility index (Phi) is 3.77. The molecule has 0 aliphatic carbocycles. The summed E-state index contributed by atoms with van der Waals surface area (Å²) in [5.74, 6) is 0. The number of carboxylic acid groups (broad SMARTS) is 1. The van der Waals surface area contributed by atoms with Crippen LogP contribution in [0.3, 0.4) is 0 Å². The summed E-state index contributed by atoms with van der Waals surface area (Å²) in [6.45, 7) is 2.42. The van der Waals surface area contributed by atoms with Crippen LogP contribution in [0.4, 0.5) is 10.5 Å². The van der Waals surface area contributed by atoms with Crippen molar-refractivity contribution in [2.75, 3.05) is 11.4 Å². The zero-order valence-electron chi connectivity index (χ0n) is 10.0. The lowest BCUT2D eigenvalue weighted by atomic mass is 10.2. The molecule has 0 fully saturated rings. The molecule has 0 radical (unpaired) electrons. The molecule has 5 heteroatoms. The fourth-order valence-electron chi connectivity index (χ4n) is 1.86. The highest BCUT2D eigenvalue weighted by Gasteiger charge is 2.21. The summed E-state index contributed by atoms with van der Waals surface area (Å²) < 4.78 is 5.35. The molecule has 4 nitrogen and oxygen atoms in total. The monoisotopic (exact) mass is 267 g/mol. The number of furan rings is 1. The molecule has 1 amide bonds. The van der Waals surface area contributed by atoms with Crippen LogP contribution in [0.1, 0.15) is 19.8 Å². The lowest BCUT2D eigenvalue weighted by molar-refractivity contribution is 0.201. The average Bonchev–Trinajstić information content (AvgIpc) is 2.79. The van der Waals surface area contributed by atoms with Crippen LogP contribution in [0.5, 0.6) is 0 Å². The molecule has 0 aliphatic rings. The van der Waals surface area contributed by atoms with E-state index >= 15 is 0 Å². The van der Waals surface area contributed by atoms with Crippen molar-refractivity contribution in [1.29, 1.82) is 0 Å². The van der Waals surface area contributed by atoms with Crippen LogP contribution in [0.2, 0.25) is 5.02 Å². The van der Waals surface area contributed by atoms with Crippen molar-refractivity contribution >= 4 is 34.4 Å². The van der Waals surface area contributed by atoms with E-state index < -0.39 is 6.09 Å². The lowest BCUT2D eigenvalue weighted by Gasteiger charge is -2.20. The maximum atomic E-state index is 11.3. The molecule has 2 aromatic rings. The van der Waals surface area contributed by atoms with Crippen LogP contribution in [-0.4, -0.2) is 17.7 Å². The summed E-state index contributed by atoms with van der Waals surface area (Å²) in [6.07, 6.45) is 2.20. The lowest BCUT2D eigenvalue weighted by Crippen LogP contribution is -2.30. The number of amides is 1. The number of rotatable bonds is 4. The van der Waals surface area contributed by atoms with Gasteiger partial charge in [-0.1, -0.05) is 24.9 Å². The van der Waals surface area contributed by atoms with Gasteiger partial charge in [0.25, 0.3) is 0 Å². The summed E-state index contributed by atoms with van der Waals surface area (Å²) in [7, 11) is 0. The average molecular weight is 268 g/mol. The second kappa shape index (κ2) is 5.31. The number of anilines is 1. The predicted molar refractivity (Wildman–Crippen MR) is 71.5 cm³/mol. The molecule has 18 heavy (non-hydrogen) atoms. The van der Waals surface area contributed by atoms with E-state index in [0.29, 0.717) is 22.8 Å². The molecule has 96 valence electrons. The van der Waals surface area contributed by atoms with Crippen LogP contribution in [0.15, 0.2) is 28.9 Å². The highest BCUT2D eigenvalue weighted by molar-refractivity contribution is 6.35. The van der Waals surface area contributed by atoms with Gasteiger partial charge in [-0.05, 0) is 24.6 Å². The number of benzene rings is 1. The number of nitrogens with zero attached hydrogens (tertiary/aromatic N) is 1. The van der Waals surface area contributed by atoms with Crippen molar-refractivity contribution in [3.63, 3.8) is 0 Å². The summed E-state index contributed by atoms with van der Waals surface area (Å²) in [5.41, 5.74) is 0.945. The van der Waals surface area contributed by atoms with E-state index in [9.17, 15) is 9.90 Å². The second-order valence-electron chi connectivity index (χ2n) is 4.02. The molecule has 0 spiro atoms. The van der Waals surface area contributed by atoms with Gasteiger partial charge in [0.1, 0.15) is 5.69 Å². The van der Waals surface area contributed by atoms with Crippen LogP contribution in [0, 0.1) is 0 Å². The summed E-state index contributed by atoms with van der Waals surface area (Å²) in [6, 6.07) is 5.29. The van der Waals surface area contributed by atoms with Gasteiger partial charge in [-0.25, -0.2) is 4.79 Å². The number of hydrogen-bond acceptors (Lipinski definition) is 2. The van der Waals surface area contributed by atoms with Crippen LogP contribution >= 0.6 is 11.6 Å². The van der Waals surface area contributed by atoms with Gasteiger partial charge in [-0.15, -0.1) is 0 Å². The molecule has 0 aliphatic heterocycles. The first-order chi connectivity index (χ1) is 8.65. The smallest absolute Gasteiger partial charge is 0.411 e. The molecule has 1 aromatic heterocycles. The van der Waals surface area contributed by atoms with Crippen molar-refractivity contribution in [2.45, 2.75) is 19.8 Å². The zero-order chi connectivity index (χ0) is 13.1. The quantitative estimate of drug-likeness (QED) is 0.895. The minimum atomic E-state index is -1.02. The number of carbonyl (C=O) groups is 1. The largest absolute Gasteiger partial charge is 0.465 e. The molecule has 0 unspecified atom stereocenters. The van der Waals surface area contributed by atoms with Gasteiger partial charge in [0.2, 0.25) is 0 Å². The Hall–Kier alpha value is -1.68. The summed E-state index contributed by atoms with van der Waals surface area (Å²) in [4.78, 5) is 12.6. The highest BCUT2D eigenvalue weighted by Crippen LogP contribution is 2.35. The molecular formula is C13H14ClNO3. The Labute approximate surface area is 110 Å². The maximum absolute atomic E-state index is 11.3. The molecule has 1 N–H and O–H groups in total. The third-order valence-corrected chi connectivity index (χ3v) is 3.09. The Balaban J connectivity index is 2.51. The van der Waals surface area contributed by atoms with Crippen molar-refractivity contribution in [2.24, 2.45) is 0 Å². The molecule has 0 saturated carbocycles. The van der Waals surface area contributed by atoms with Crippen molar-refractivity contribution in [3.05, 3.63) is 29.5 Å². The first kappa shape index (κ1) is 12.8. The SMILES string of the molecule is CCCCN(C(=O)O)c1c(Cl)ccc2ccoc12. The topological polar surface area (TPSA) is 53.7 Å². The fourth-order valence-corrected chi connectivity index (χ4v) is 2.11. The van der Waals surface area contributed by atoms with Gasteiger partial charge >= 0.3 is 6.09 Å². The Bertz CT molecular complexity index is 564. The van der Waals surface area contributed by atoms with E-state index in [0.717, 1.165) is 18.2 Å². The van der Waals surface area contributed by atoms with Crippen LogP contribution < -0.4 is 4.90 Å². The van der Waals surface area contributed by atoms with Gasteiger partial charge < -0.3 is 9.52 Å². The van der Waals surface area contributed by atoms with Gasteiger partial charge in [0.15, 0.2) is 5.58 Å². The van der Waals surface area contributed by atoms with E-state index in [1.807, 2.05) is 13.0 Å². The third-order valence-electron chi connectivity index (χ3n) is 2.78. The molecular weight excluding hydrogens is 254 g/mol. The zero-order valence-corrected chi connectivity index (χ0v) is 10.8. The van der Waals surface area contributed by atoms with Crippen molar-refractivity contribution < 1.29 is 14.3 Å². The number of unbranched alkanes of at least 4 members (excludes halogenated alkanes) is 1. The van der Waals surface area contributed by atoms with Gasteiger partial charge in [0.05, 0.1) is 11.3 Å². The van der Waals surface area contributed by atoms with E-state index in [1.54, 1.807) is 12.1 Å². The van der Waals surface area contributed by atoms with Crippen molar-refractivity contribution in [1.82, 2.24) is 0 Å². The van der Waals surface area contributed by atoms with E-state index in [4.69, 9.17) is 16.0 Å². The number of hydrogen-bond donors (Lipinski definition) is 1. The Morgan fingerprint density at radius 2 is 2.22 bits per heavy atom. The normalized spacial score (nSPS) is 10.8. The minimum Gasteiger partial charge on any atom is -0.465 e. The Morgan fingerprint density at radius 1 is 1.44 bits per heavy atom. The van der Waals surface area contributed by atoms with Crippen LogP contribution in [0.25, 0.3) is 11.0 Å². The summed E-state index contributed by atoms with van der Waals surface area (Å²) >= 11 is 6.11. The molecule has 1 aromatic carbocycles. The number of fused-ring (bicyclic) bond motifs is 1. The molecule has 2 rings (SSSR count). The molecule has 0 atom stereocenters. The Morgan fingerprint density at radius 3 is 2.89 bits per heavy atom. The number of halogens is 1. The van der Waals surface area contributed by atoms with Gasteiger partial charge in [-0.2, -0.15) is 0 Å². The maximum Gasteiger partial charge on any atom is 0.411 e. The third kappa shape index (κ3) is 2.29. The molecule has 0 bridgehead atoms. The van der Waals surface area contributed by atoms with E-state index in [1.165, 1.54) is 11.2 Å². The van der Waals surface area contributed by atoms with Crippen LogP contribution in [-0.2, 0) is 0 Å². The molecule has 0 saturated heterocycles. The summed E-state index contributed by atoms with van der Waals surface area (Å²) in [5, 5.41) is 10.5. The highest BCUT2D eigenvalue weighted by atomic mass is 35.5. The first-order valence-corrected chi connectivity index (χ1v) is 6.19. The molecule has 1 heterocycles. The van der Waals surface area contributed by atoms with E-state index in [2.05, 4.69) is 0 Å². The predicted octanol–water partition coefficient (Wildman–Crippen LogP) is 4.37. The second-order valence-corrected chi connectivity index (χ2v) is 4.43. The van der Waals surface area contributed by atoms with Gasteiger partial charge in [-0.3, -0.25) is 4.90 Å². The van der Waals surface area contributed by atoms with Crippen molar-refractivity contribution in [3.8, 4) is 0 Å². The van der Waals surface area contributed by atoms with E-state index in [-0.39, 0.29) is 0 Å². The fraction of sp³-hybridized carbons (Fsp3) is 0.308. The standard InChI is InChI=1S/C13H14ClNO3/c1-2-3-7-15(13(16)17)11-10(14)5-4-9-6-8-18-12(9)11/h4-6,8H,2-3,7H2,1H3,(H,16,17). The minimum absolute atomic E-state index is 0.385.